The maximum absolute atomic E-state index is 12.4. The summed E-state index contributed by atoms with van der Waals surface area (Å²) in [4.78, 5) is 18.3. The number of thioether (sulfide) groups is 1. The van der Waals surface area contributed by atoms with Crippen molar-refractivity contribution in [2.45, 2.75) is 19.4 Å². The number of anilines is 1. The molecule has 1 aromatic heterocycles. The molecule has 0 spiro atoms. The highest BCUT2D eigenvalue weighted by atomic mass is 32.2. The highest BCUT2D eigenvalue weighted by Crippen LogP contribution is 2.15. The third kappa shape index (κ3) is 3.63. The Morgan fingerprint density at radius 3 is 2.94 bits per heavy atom. The third-order valence-corrected chi connectivity index (χ3v) is 3.64. The van der Waals surface area contributed by atoms with Crippen LogP contribution in [0.4, 0.5) is 5.82 Å². The molecule has 0 aliphatic rings. The lowest BCUT2D eigenvalue weighted by Gasteiger charge is -2.25. The number of nitrogens with zero attached hydrogens (tertiary/aromatic N) is 2. The van der Waals surface area contributed by atoms with Crippen LogP contribution in [0.1, 0.15) is 23.7 Å². The van der Waals surface area contributed by atoms with Crippen LogP contribution in [-0.4, -0.2) is 47.9 Å². The fourth-order valence-corrected chi connectivity index (χ4v) is 2.23. The molecular formula is C13H21N3OS. The summed E-state index contributed by atoms with van der Waals surface area (Å²) < 4.78 is 0. The van der Waals surface area contributed by atoms with E-state index in [1.54, 1.807) is 42.0 Å². The molecule has 1 aromatic rings. The summed E-state index contributed by atoms with van der Waals surface area (Å²) in [5.41, 5.74) is 0.624. The summed E-state index contributed by atoms with van der Waals surface area (Å²) in [7, 11) is 3.62. The van der Waals surface area contributed by atoms with Crippen LogP contribution in [0.25, 0.3) is 0 Å². The van der Waals surface area contributed by atoms with Gasteiger partial charge in [-0.05, 0) is 37.5 Å². The Balaban J connectivity index is 2.79. The van der Waals surface area contributed by atoms with Gasteiger partial charge in [0.15, 0.2) is 0 Å². The van der Waals surface area contributed by atoms with Crippen LogP contribution >= 0.6 is 11.8 Å². The molecule has 0 radical (unpaired) electrons. The van der Waals surface area contributed by atoms with E-state index in [0.717, 1.165) is 12.2 Å². The lowest BCUT2D eigenvalue weighted by atomic mass is 10.1. The summed E-state index contributed by atoms with van der Waals surface area (Å²) in [6.07, 6.45) is 4.76. The highest BCUT2D eigenvalue weighted by molar-refractivity contribution is 7.98. The molecule has 0 aromatic carbocycles. The first-order chi connectivity index (χ1) is 8.61. The predicted octanol–water partition coefficient (Wildman–Crippen LogP) is 2.34. The zero-order chi connectivity index (χ0) is 13.5. The summed E-state index contributed by atoms with van der Waals surface area (Å²) >= 11 is 1.80. The van der Waals surface area contributed by atoms with E-state index in [9.17, 15) is 4.79 Å². The minimum Gasteiger partial charge on any atom is -0.372 e. The molecule has 0 aliphatic heterocycles. The van der Waals surface area contributed by atoms with Crippen LogP contribution in [0.5, 0.6) is 0 Å². The van der Waals surface area contributed by atoms with Gasteiger partial charge >= 0.3 is 0 Å². The van der Waals surface area contributed by atoms with Gasteiger partial charge in [0.1, 0.15) is 5.82 Å². The number of aromatic nitrogens is 1. The van der Waals surface area contributed by atoms with Crippen molar-refractivity contribution in [1.82, 2.24) is 9.88 Å². The quantitative estimate of drug-likeness (QED) is 0.859. The number of hydrogen-bond donors (Lipinski definition) is 1. The molecule has 0 saturated heterocycles. The smallest absolute Gasteiger partial charge is 0.257 e. The number of nitrogens with one attached hydrogen (secondary N) is 1. The lowest BCUT2D eigenvalue weighted by molar-refractivity contribution is 0.0742. The van der Waals surface area contributed by atoms with Gasteiger partial charge in [-0.25, -0.2) is 4.98 Å². The van der Waals surface area contributed by atoms with Gasteiger partial charge < -0.3 is 10.2 Å². The topological polar surface area (TPSA) is 45.2 Å². The molecule has 100 valence electrons. The molecule has 1 heterocycles. The lowest BCUT2D eigenvalue weighted by Crippen LogP contribution is -2.35. The molecule has 0 aliphatic carbocycles. The van der Waals surface area contributed by atoms with Crippen LogP contribution in [0, 0.1) is 0 Å². The molecule has 4 nitrogen and oxygen atoms in total. The van der Waals surface area contributed by atoms with E-state index in [2.05, 4.69) is 23.5 Å². The second kappa shape index (κ2) is 7.26. The van der Waals surface area contributed by atoms with Crippen molar-refractivity contribution >= 4 is 23.5 Å². The molecule has 1 N–H and O–H groups in total. The van der Waals surface area contributed by atoms with Crippen LogP contribution in [0.3, 0.4) is 0 Å². The van der Waals surface area contributed by atoms with Crippen LogP contribution in [-0.2, 0) is 0 Å². The highest BCUT2D eigenvalue weighted by Gasteiger charge is 2.19. The predicted molar refractivity (Wildman–Crippen MR) is 78.3 cm³/mol. The monoisotopic (exact) mass is 267 g/mol. The Bertz CT molecular complexity index is 398. The molecule has 1 unspecified atom stereocenters. The number of amides is 1. The SMILES string of the molecule is CNc1ncccc1C(=O)N(C)C(C)CCSC. The zero-order valence-corrected chi connectivity index (χ0v) is 12.3. The summed E-state index contributed by atoms with van der Waals surface area (Å²) in [6.45, 7) is 2.07. The van der Waals surface area contributed by atoms with Crippen molar-refractivity contribution < 1.29 is 4.79 Å². The van der Waals surface area contributed by atoms with Crippen LogP contribution < -0.4 is 5.32 Å². The molecule has 1 atom stereocenters. The van der Waals surface area contributed by atoms with Crippen molar-refractivity contribution in [2.24, 2.45) is 0 Å². The number of pyridine rings is 1. The van der Waals surface area contributed by atoms with Crippen LogP contribution in [0.15, 0.2) is 18.3 Å². The molecule has 1 amide bonds. The fourth-order valence-electron chi connectivity index (χ4n) is 1.65. The number of hydrogen-bond acceptors (Lipinski definition) is 4. The van der Waals surface area contributed by atoms with E-state index < -0.39 is 0 Å². The fraction of sp³-hybridized carbons (Fsp3) is 0.538. The summed E-state index contributed by atoms with van der Waals surface area (Å²) in [5, 5.41) is 2.95. The summed E-state index contributed by atoms with van der Waals surface area (Å²) in [6, 6.07) is 3.82. The zero-order valence-electron chi connectivity index (χ0n) is 11.4. The van der Waals surface area contributed by atoms with Crippen molar-refractivity contribution in [2.75, 3.05) is 31.4 Å². The Labute approximate surface area is 113 Å². The maximum atomic E-state index is 12.4. The van der Waals surface area contributed by atoms with Gasteiger partial charge in [0.25, 0.3) is 5.91 Å². The molecular weight excluding hydrogens is 246 g/mol. The van der Waals surface area contributed by atoms with Crippen molar-refractivity contribution in [3.63, 3.8) is 0 Å². The second-order valence-electron chi connectivity index (χ2n) is 4.20. The van der Waals surface area contributed by atoms with Crippen molar-refractivity contribution in [3.05, 3.63) is 23.9 Å². The van der Waals surface area contributed by atoms with Gasteiger partial charge in [0.05, 0.1) is 5.56 Å². The van der Waals surface area contributed by atoms with Gasteiger partial charge in [0.2, 0.25) is 0 Å². The largest absolute Gasteiger partial charge is 0.372 e. The number of carbonyl (C=O) groups is 1. The Morgan fingerprint density at radius 2 is 2.33 bits per heavy atom. The van der Waals surface area contributed by atoms with E-state index in [0.29, 0.717) is 11.4 Å². The Hall–Kier alpha value is -1.23. The first kappa shape index (κ1) is 14.8. The van der Waals surface area contributed by atoms with Crippen molar-refractivity contribution in [1.29, 1.82) is 0 Å². The number of rotatable bonds is 6. The maximum Gasteiger partial charge on any atom is 0.257 e. The van der Waals surface area contributed by atoms with E-state index in [1.165, 1.54) is 0 Å². The standard InChI is InChI=1S/C13H21N3OS/c1-10(7-9-18-4)16(3)13(17)11-6-5-8-15-12(11)14-2/h5-6,8,10H,7,9H2,1-4H3,(H,14,15). The van der Waals surface area contributed by atoms with Gasteiger partial charge in [0, 0.05) is 26.3 Å². The van der Waals surface area contributed by atoms with Gasteiger partial charge in [-0.1, -0.05) is 0 Å². The second-order valence-corrected chi connectivity index (χ2v) is 5.18. The molecule has 0 bridgehead atoms. The molecule has 0 fully saturated rings. The van der Waals surface area contributed by atoms with Gasteiger partial charge in [-0.2, -0.15) is 11.8 Å². The average Bonchev–Trinajstić information content (AvgIpc) is 2.42. The molecule has 0 saturated carbocycles. The average molecular weight is 267 g/mol. The van der Waals surface area contributed by atoms with E-state index >= 15 is 0 Å². The minimum absolute atomic E-state index is 0.0149. The Morgan fingerprint density at radius 1 is 1.61 bits per heavy atom. The number of carbonyl (C=O) groups excluding carboxylic acids is 1. The first-order valence-corrected chi connectivity index (χ1v) is 7.40. The van der Waals surface area contributed by atoms with E-state index in [4.69, 9.17) is 0 Å². The normalized spacial score (nSPS) is 12.0. The summed E-state index contributed by atoms with van der Waals surface area (Å²) in [5.74, 6) is 1.71. The molecule has 18 heavy (non-hydrogen) atoms. The van der Waals surface area contributed by atoms with Gasteiger partial charge in [-0.3, -0.25) is 4.79 Å². The minimum atomic E-state index is 0.0149. The van der Waals surface area contributed by atoms with E-state index in [-0.39, 0.29) is 11.9 Å². The van der Waals surface area contributed by atoms with E-state index in [1.807, 2.05) is 7.05 Å². The van der Waals surface area contributed by atoms with Crippen molar-refractivity contribution in [3.8, 4) is 0 Å². The van der Waals surface area contributed by atoms with Crippen LogP contribution in [0.2, 0.25) is 0 Å². The van der Waals surface area contributed by atoms with Gasteiger partial charge in [-0.15, -0.1) is 0 Å². The molecule has 5 heteroatoms. The third-order valence-electron chi connectivity index (χ3n) is 3.00. The first-order valence-electron chi connectivity index (χ1n) is 6.00. The molecule has 1 rings (SSSR count). The Kier molecular flexibility index (Phi) is 5.98.